The molecule has 0 spiro atoms. The lowest BCUT2D eigenvalue weighted by atomic mass is 10.1. The van der Waals surface area contributed by atoms with Gasteiger partial charge in [0.15, 0.2) is 23.0 Å². The van der Waals surface area contributed by atoms with Crippen molar-refractivity contribution < 1.29 is 19.7 Å². The van der Waals surface area contributed by atoms with E-state index in [0.29, 0.717) is 22.6 Å². The maximum Gasteiger partial charge on any atom is 0.161 e. The Bertz CT molecular complexity index is 1020. The molecule has 0 saturated carbocycles. The van der Waals surface area contributed by atoms with Crippen LogP contribution in [0.1, 0.15) is 11.1 Å². The minimum absolute atomic E-state index is 0.00254. The van der Waals surface area contributed by atoms with E-state index >= 15 is 0 Å². The number of hydrogen-bond donors (Lipinski definition) is 2. The fourth-order valence-corrected chi connectivity index (χ4v) is 2.08. The quantitative estimate of drug-likeness (QED) is 0.737. The molecule has 0 aliphatic heterocycles. The summed E-state index contributed by atoms with van der Waals surface area (Å²) in [6.07, 6.45) is 2.84. The van der Waals surface area contributed by atoms with Crippen molar-refractivity contribution in [3.63, 3.8) is 0 Å². The van der Waals surface area contributed by atoms with Crippen LogP contribution in [0.3, 0.4) is 0 Å². The summed E-state index contributed by atoms with van der Waals surface area (Å²) in [6.45, 7) is 0. The van der Waals surface area contributed by atoms with E-state index in [2.05, 4.69) is 0 Å². The number of nitriles is 4. The lowest BCUT2D eigenvalue weighted by molar-refractivity contribution is 0.373. The largest absolute Gasteiger partial charge is 0.504 e. The molecule has 148 valence electrons. The lowest BCUT2D eigenvalue weighted by Gasteiger charge is -2.03. The molecule has 0 amide bonds. The average molecular weight is 400 g/mol. The minimum atomic E-state index is 0.00254. The Balaban J connectivity index is 0.000000300. The molecule has 30 heavy (non-hydrogen) atoms. The summed E-state index contributed by atoms with van der Waals surface area (Å²) in [5, 5.41) is 52.8. The number of aromatic hydroxyl groups is 2. The summed E-state index contributed by atoms with van der Waals surface area (Å²) in [7, 11) is 2.86. The summed E-state index contributed by atoms with van der Waals surface area (Å²) >= 11 is 0. The first-order chi connectivity index (χ1) is 14.4. The van der Waals surface area contributed by atoms with E-state index in [-0.39, 0.29) is 22.6 Å². The van der Waals surface area contributed by atoms with Gasteiger partial charge in [-0.05, 0) is 47.5 Å². The molecule has 0 aromatic heterocycles. The maximum atomic E-state index is 9.31. The minimum Gasteiger partial charge on any atom is -0.504 e. The Morgan fingerprint density at radius 1 is 0.700 bits per heavy atom. The van der Waals surface area contributed by atoms with Crippen LogP contribution in [0.25, 0.3) is 12.2 Å². The molecule has 8 nitrogen and oxygen atoms in total. The summed E-state index contributed by atoms with van der Waals surface area (Å²) in [5.41, 5.74) is 1.26. The molecule has 2 N–H and O–H groups in total. The first-order valence-electron chi connectivity index (χ1n) is 8.20. The second-order valence-corrected chi connectivity index (χ2v) is 5.43. The number of hydrogen-bond acceptors (Lipinski definition) is 8. The van der Waals surface area contributed by atoms with Crippen molar-refractivity contribution in [2.45, 2.75) is 0 Å². The molecule has 2 aromatic rings. The predicted molar refractivity (Wildman–Crippen MR) is 108 cm³/mol. The van der Waals surface area contributed by atoms with Crippen LogP contribution in [0.5, 0.6) is 23.0 Å². The van der Waals surface area contributed by atoms with Crippen molar-refractivity contribution in [3.8, 4) is 47.3 Å². The molecule has 0 bridgehead atoms. The number of benzene rings is 2. The van der Waals surface area contributed by atoms with Gasteiger partial charge in [0.2, 0.25) is 0 Å². The molecule has 0 saturated heterocycles. The van der Waals surface area contributed by atoms with Crippen LogP contribution in [0.15, 0.2) is 47.5 Å². The highest BCUT2D eigenvalue weighted by Crippen LogP contribution is 2.28. The number of methoxy groups -OCH3 is 2. The Labute approximate surface area is 173 Å². The smallest absolute Gasteiger partial charge is 0.161 e. The third kappa shape index (κ3) is 6.67. The standard InChI is InChI=1S/2C11H8N2O2/c2*1-15-11-5-8(2-3-10(11)14)4-9(6-12)7-13/h2*2-5,14H,1H3. The molecular weight excluding hydrogens is 384 g/mol. The van der Waals surface area contributed by atoms with E-state index in [1.807, 2.05) is 0 Å². The number of phenols is 2. The first-order valence-corrected chi connectivity index (χ1v) is 8.20. The van der Waals surface area contributed by atoms with E-state index in [0.717, 1.165) is 0 Å². The zero-order valence-electron chi connectivity index (χ0n) is 16.1. The van der Waals surface area contributed by atoms with Gasteiger partial charge < -0.3 is 19.7 Å². The first kappa shape index (κ1) is 23.1. The highest BCUT2D eigenvalue weighted by atomic mass is 16.5. The third-order valence-corrected chi connectivity index (χ3v) is 3.51. The van der Waals surface area contributed by atoms with Crippen LogP contribution in [0, 0.1) is 45.3 Å². The summed E-state index contributed by atoms with van der Waals surface area (Å²) < 4.78 is 9.78. The number of allylic oxidation sites excluding steroid dienone is 2. The van der Waals surface area contributed by atoms with Crippen molar-refractivity contribution in [1.29, 1.82) is 21.0 Å². The van der Waals surface area contributed by atoms with Crippen LogP contribution < -0.4 is 9.47 Å². The topological polar surface area (TPSA) is 154 Å². The summed E-state index contributed by atoms with van der Waals surface area (Å²) in [6, 6.07) is 16.1. The Kier molecular flexibility index (Phi) is 9.03. The second-order valence-electron chi connectivity index (χ2n) is 5.43. The zero-order chi connectivity index (χ0) is 22.5. The molecule has 0 fully saturated rings. The highest BCUT2D eigenvalue weighted by molar-refractivity contribution is 5.65. The molecule has 0 unspecified atom stereocenters. The van der Waals surface area contributed by atoms with Crippen LogP contribution in [-0.4, -0.2) is 24.4 Å². The number of nitrogens with zero attached hydrogens (tertiary/aromatic N) is 4. The van der Waals surface area contributed by atoms with Crippen molar-refractivity contribution in [1.82, 2.24) is 0 Å². The maximum absolute atomic E-state index is 9.31. The van der Waals surface area contributed by atoms with Gasteiger partial charge in [-0.1, -0.05) is 12.1 Å². The van der Waals surface area contributed by atoms with Gasteiger partial charge in [-0.25, -0.2) is 0 Å². The normalized spacial score (nSPS) is 8.47. The molecule has 0 aliphatic rings. The monoisotopic (exact) mass is 400 g/mol. The number of rotatable bonds is 4. The van der Waals surface area contributed by atoms with E-state index in [4.69, 9.17) is 30.5 Å². The van der Waals surface area contributed by atoms with Gasteiger partial charge >= 0.3 is 0 Å². The summed E-state index contributed by atoms with van der Waals surface area (Å²) in [4.78, 5) is 0. The van der Waals surface area contributed by atoms with Gasteiger partial charge in [-0.15, -0.1) is 0 Å². The van der Waals surface area contributed by atoms with Crippen LogP contribution >= 0.6 is 0 Å². The van der Waals surface area contributed by atoms with Gasteiger partial charge in [-0.2, -0.15) is 21.0 Å². The van der Waals surface area contributed by atoms with Gasteiger partial charge in [0.05, 0.1) is 14.2 Å². The van der Waals surface area contributed by atoms with Crippen molar-refractivity contribution >= 4 is 12.2 Å². The van der Waals surface area contributed by atoms with E-state index < -0.39 is 0 Å². The number of phenolic OH excluding ortho intramolecular Hbond substituents is 2. The lowest BCUT2D eigenvalue weighted by Crippen LogP contribution is -1.84. The molecule has 2 aromatic carbocycles. The van der Waals surface area contributed by atoms with Gasteiger partial charge in [0.25, 0.3) is 0 Å². The van der Waals surface area contributed by atoms with Crippen LogP contribution in [-0.2, 0) is 0 Å². The predicted octanol–water partition coefficient (Wildman–Crippen LogP) is 3.66. The van der Waals surface area contributed by atoms with Crippen molar-refractivity contribution in [3.05, 3.63) is 58.7 Å². The molecular formula is C22H16N4O4. The van der Waals surface area contributed by atoms with Crippen molar-refractivity contribution in [2.75, 3.05) is 14.2 Å². The van der Waals surface area contributed by atoms with Crippen molar-refractivity contribution in [2.24, 2.45) is 0 Å². The van der Waals surface area contributed by atoms with Gasteiger partial charge in [0, 0.05) is 0 Å². The van der Waals surface area contributed by atoms with E-state index in [9.17, 15) is 10.2 Å². The second kappa shape index (κ2) is 11.7. The fourth-order valence-electron chi connectivity index (χ4n) is 2.08. The zero-order valence-corrected chi connectivity index (χ0v) is 16.1. The summed E-state index contributed by atoms with van der Waals surface area (Å²) in [5.74, 6) is 0.646. The molecule has 0 radical (unpaired) electrons. The molecule has 0 heterocycles. The molecule has 0 atom stereocenters. The van der Waals surface area contributed by atoms with E-state index in [1.54, 1.807) is 48.5 Å². The SMILES string of the molecule is COc1cc(C=C(C#N)C#N)ccc1O.COc1cc(C=C(C#N)C#N)ccc1O. The van der Waals surface area contributed by atoms with E-state index in [1.165, 1.54) is 38.5 Å². The Hall–Kier alpha value is -4.92. The van der Waals surface area contributed by atoms with Gasteiger partial charge in [0.1, 0.15) is 35.4 Å². The molecule has 2 rings (SSSR count). The average Bonchev–Trinajstić information content (AvgIpc) is 2.78. The van der Waals surface area contributed by atoms with Crippen LogP contribution in [0.4, 0.5) is 0 Å². The fraction of sp³-hybridized carbons (Fsp3) is 0.0909. The Morgan fingerprint density at radius 3 is 1.30 bits per heavy atom. The van der Waals surface area contributed by atoms with Crippen LogP contribution in [0.2, 0.25) is 0 Å². The third-order valence-electron chi connectivity index (χ3n) is 3.51. The number of ether oxygens (including phenoxy) is 2. The Morgan fingerprint density at radius 2 is 1.03 bits per heavy atom. The highest BCUT2D eigenvalue weighted by Gasteiger charge is 2.03. The van der Waals surface area contributed by atoms with Gasteiger partial charge in [-0.3, -0.25) is 0 Å². The molecule has 8 heteroatoms. The molecule has 0 aliphatic carbocycles.